The molecule has 1 heterocycles. The monoisotopic (exact) mass is 233 g/mol. The number of ether oxygens (including phenoxy) is 1. The molecule has 0 spiro atoms. The van der Waals surface area contributed by atoms with Crippen LogP contribution < -0.4 is 0 Å². The molecular weight excluding hydrogens is 214 g/mol. The van der Waals surface area contributed by atoms with Crippen molar-refractivity contribution in [2.45, 2.75) is 13.3 Å². The van der Waals surface area contributed by atoms with Crippen LogP contribution in [0.1, 0.15) is 11.1 Å². The minimum absolute atomic E-state index is 0.289. The van der Waals surface area contributed by atoms with Crippen LogP contribution in [0.4, 0.5) is 0 Å². The summed E-state index contributed by atoms with van der Waals surface area (Å²) in [5.74, 6) is 0.289. The maximum absolute atomic E-state index is 11.9. The number of ketones is 1. The van der Waals surface area contributed by atoms with E-state index in [0.29, 0.717) is 13.0 Å². The number of carbonyl (C=O) groups excluding carboxylic acids is 1. The molecule has 0 unspecified atom stereocenters. The van der Waals surface area contributed by atoms with Gasteiger partial charge in [-0.2, -0.15) is 0 Å². The summed E-state index contributed by atoms with van der Waals surface area (Å²) in [7, 11) is 0. The molecule has 0 bridgehead atoms. The van der Waals surface area contributed by atoms with Gasteiger partial charge < -0.3 is 4.74 Å². The highest BCUT2D eigenvalue weighted by molar-refractivity contribution is 5.82. The van der Waals surface area contributed by atoms with Gasteiger partial charge in [0.2, 0.25) is 0 Å². The van der Waals surface area contributed by atoms with Gasteiger partial charge >= 0.3 is 0 Å². The first kappa shape index (κ1) is 12.3. The standard InChI is InChI=1S/C14H19NO2/c1-12-3-2-4-13(9-12)10-14(16)11-15-5-7-17-8-6-15/h2-4,9H,5-8,10-11H2,1H3. The fourth-order valence-corrected chi connectivity index (χ4v) is 2.11. The van der Waals surface area contributed by atoms with Gasteiger partial charge in [0.25, 0.3) is 0 Å². The van der Waals surface area contributed by atoms with Crippen LogP contribution in [0.3, 0.4) is 0 Å². The maximum atomic E-state index is 11.9. The van der Waals surface area contributed by atoms with Crippen molar-refractivity contribution in [1.29, 1.82) is 0 Å². The lowest BCUT2D eigenvalue weighted by atomic mass is 10.1. The van der Waals surface area contributed by atoms with Crippen molar-refractivity contribution in [2.75, 3.05) is 32.8 Å². The van der Waals surface area contributed by atoms with Crippen molar-refractivity contribution >= 4 is 5.78 Å². The van der Waals surface area contributed by atoms with Crippen LogP contribution in [-0.2, 0) is 16.0 Å². The summed E-state index contributed by atoms with van der Waals surface area (Å²) < 4.78 is 5.26. The predicted molar refractivity (Wildman–Crippen MR) is 67.1 cm³/mol. The molecule has 3 heteroatoms. The van der Waals surface area contributed by atoms with Crippen LogP contribution in [0.25, 0.3) is 0 Å². The van der Waals surface area contributed by atoms with E-state index >= 15 is 0 Å². The highest BCUT2D eigenvalue weighted by Crippen LogP contribution is 2.06. The molecule has 1 aromatic rings. The molecule has 1 saturated heterocycles. The lowest BCUT2D eigenvalue weighted by molar-refractivity contribution is -0.120. The van der Waals surface area contributed by atoms with E-state index in [0.717, 1.165) is 31.9 Å². The Morgan fingerprint density at radius 1 is 1.35 bits per heavy atom. The summed E-state index contributed by atoms with van der Waals surface area (Å²) in [4.78, 5) is 14.1. The van der Waals surface area contributed by atoms with Crippen LogP contribution >= 0.6 is 0 Å². The summed E-state index contributed by atoms with van der Waals surface area (Å²) in [5, 5.41) is 0. The number of aryl methyl sites for hydroxylation is 1. The molecular formula is C14H19NO2. The summed E-state index contributed by atoms with van der Waals surface area (Å²) in [6.45, 7) is 5.85. The quantitative estimate of drug-likeness (QED) is 0.788. The van der Waals surface area contributed by atoms with Crippen LogP contribution in [-0.4, -0.2) is 43.5 Å². The number of rotatable bonds is 4. The number of benzene rings is 1. The SMILES string of the molecule is Cc1cccc(CC(=O)CN2CCOCC2)c1. The van der Waals surface area contributed by atoms with E-state index in [9.17, 15) is 4.79 Å². The first-order valence-corrected chi connectivity index (χ1v) is 6.11. The molecule has 92 valence electrons. The molecule has 17 heavy (non-hydrogen) atoms. The van der Waals surface area contributed by atoms with E-state index < -0.39 is 0 Å². The zero-order valence-electron chi connectivity index (χ0n) is 10.3. The van der Waals surface area contributed by atoms with E-state index in [1.807, 2.05) is 12.1 Å². The normalized spacial score (nSPS) is 17.0. The van der Waals surface area contributed by atoms with Gasteiger partial charge in [-0.3, -0.25) is 9.69 Å². The smallest absolute Gasteiger partial charge is 0.151 e. The molecule has 0 saturated carbocycles. The molecule has 0 aromatic heterocycles. The third-order valence-electron chi connectivity index (χ3n) is 2.99. The zero-order chi connectivity index (χ0) is 12.1. The second-order valence-corrected chi connectivity index (χ2v) is 4.59. The van der Waals surface area contributed by atoms with Crippen molar-refractivity contribution in [3.63, 3.8) is 0 Å². The van der Waals surface area contributed by atoms with E-state index in [4.69, 9.17) is 4.74 Å². The third-order valence-corrected chi connectivity index (χ3v) is 2.99. The van der Waals surface area contributed by atoms with E-state index in [-0.39, 0.29) is 5.78 Å². The molecule has 0 atom stereocenters. The molecule has 1 aliphatic rings. The molecule has 1 aliphatic heterocycles. The molecule has 3 nitrogen and oxygen atoms in total. The van der Waals surface area contributed by atoms with Crippen molar-refractivity contribution in [3.05, 3.63) is 35.4 Å². The number of carbonyl (C=O) groups is 1. The first-order chi connectivity index (χ1) is 8.24. The van der Waals surface area contributed by atoms with Gasteiger partial charge in [0, 0.05) is 19.5 Å². The lowest BCUT2D eigenvalue weighted by Crippen LogP contribution is -2.39. The summed E-state index contributed by atoms with van der Waals surface area (Å²) in [6, 6.07) is 8.16. The number of morpholine rings is 1. The fourth-order valence-electron chi connectivity index (χ4n) is 2.11. The van der Waals surface area contributed by atoms with Crippen LogP contribution in [0, 0.1) is 6.92 Å². The van der Waals surface area contributed by atoms with E-state index in [1.54, 1.807) is 0 Å². The summed E-state index contributed by atoms with van der Waals surface area (Å²) in [5.41, 5.74) is 2.32. The first-order valence-electron chi connectivity index (χ1n) is 6.11. The summed E-state index contributed by atoms with van der Waals surface area (Å²) in [6.07, 6.45) is 0.541. The van der Waals surface area contributed by atoms with Crippen molar-refractivity contribution < 1.29 is 9.53 Å². The zero-order valence-corrected chi connectivity index (χ0v) is 10.3. The van der Waals surface area contributed by atoms with Gasteiger partial charge in [0.1, 0.15) is 0 Å². The Labute approximate surface area is 102 Å². The molecule has 1 fully saturated rings. The predicted octanol–water partition coefficient (Wildman–Crippen LogP) is 1.44. The Balaban J connectivity index is 1.84. The Morgan fingerprint density at radius 3 is 2.82 bits per heavy atom. The molecule has 2 rings (SSSR count). The average molecular weight is 233 g/mol. The number of Topliss-reactive ketones (excluding diaryl/α,β-unsaturated/α-hetero) is 1. The van der Waals surface area contributed by atoms with Crippen molar-refractivity contribution in [1.82, 2.24) is 4.90 Å². The van der Waals surface area contributed by atoms with Gasteiger partial charge in [0.05, 0.1) is 19.8 Å². The van der Waals surface area contributed by atoms with Crippen LogP contribution in [0.15, 0.2) is 24.3 Å². The highest BCUT2D eigenvalue weighted by Gasteiger charge is 2.14. The van der Waals surface area contributed by atoms with Crippen LogP contribution in [0.5, 0.6) is 0 Å². The minimum atomic E-state index is 0.289. The van der Waals surface area contributed by atoms with E-state index in [1.165, 1.54) is 5.56 Å². The topological polar surface area (TPSA) is 29.5 Å². The minimum Gasteiger partial charge on any atom is -0.379 e. The van der Waals surface area contributed by atoms with Gasteiger partial charge in [0.15, 0.2) is 5.78 Å². The van der Waals surface area contributed by atoms with Crippen molar-refractivity contribution in [3.8, 4) is 0 Å². The number of hydrogen-bond acceptors (Lipinski definition) is 3. The van der Waals surface area contributed by atoms with Gasteiger partial charge in [-0.05, 0) is 12.5 Å². The van der Waals surface area contributed by atoms with Crippen LogP contribution in [0.2, 0.25) is 0 Å². The number of hydrogen-bond donors (Lipinski definition) is 0. The molecule has 1 aromatic carbocycles. The Hall–Kier alpha value is -1.19. The van der Waals surface area contributed by atoms with Crippen molar-refractivity contribution in [2.24, 2.45) is 0 Å². The maximum Gasteiger partial charge on any atom is 0.151 e. The Morgan fingerprint density at radius 2 is 2.12 bits per heavy atom. The third kappa shape index (κ3) is 3.95. The Bertz CT molecular complexity index is 384. The molecule has 0 radical (unpaired) electrons. The highest BCUT2D eigenvalue weighted by atomic mass is 16.5. The second kappa shape index (κ2) is 5.94. The molecule has 0 amide bonds. The van der Waals surface area contributed by atoms with Gasteiger partial charge in [-0.1, -0.05) is 29.8 Å². The number of nitrogens with zero attached hydrogens (tertiary/aromatic N) is 1. The summed E-state index contributed by atoms with van der Waals surface area (Å²) >= 11 is 0. The molecule has 0 aliphatic carbocycles. The lowest BCUT2D eigenvalue weighted by Gasteiger charge is -2.25. The molecule has 0 N–H and O–H groups in total. The van der Waals surface area contributed by atoms with E-state index in [2.05, 4.69) is 24.0 Å². The average Bonchev–Trinajstić information content (AvgIpc) is 2.30. The Kier molecular flexibility index (Phi) is 4.29. The largest absolute Gasteiger partial charge is 0.379 e. The fraction of sp³-hybridized carbons (Fsp3) is 0.500. The van der Waals surface area contributed by atoms with Gasteiger partial charge in [-0.15, -0.1) is 0 Å². The van der Waals surface area contributed by atoms with Gasteiger partial charge in [-0.25, -0.2) is 0 Å². The second-order valence-electron chi connectivity index (χ2n) is 4.59.